The molecule has 4 aromatic rings. The van der Waals surface area contributed by atoms with Gasteiger partial charge in [0.05, 0.1) is 10.9 Å². The van der Waals surface area contributed by atoms with Crippen LogP contribution in [0.1, 0.15) is 31.8 Å². The highest BCUT2D eigenvalue weighted by Crippen LogP contribution is 2.36. The molecule has 5 heteroatoms. The number of carbonyl (C=O) groups excluding carboxylic acids is 2. The van der Waals surface area contributed by atoms with E-state index >= 15 is 0 Å². The zero-order chi connectivity index (χ0) is 21.5. The third kappa shape index (κ3) is 3.29. The molecule has 5 rings (SSSR count). The van der Waals surface area contributed by atoms with Crippen molar-refractivity contribution in [2.24, 2.45) is 0 Å². The van der Waals surface area contributed by atoms with Gasteiger partial charge in [0, 0.05) is 28.3 Å². The van der Waals surface area contributed by atoms with E-state index in [1.807, 2.05) is 30.3 Å². The molecule has 2 N–H and O–H groups in total. The van der Waals surface area contributed by atoms with Crippen LogP contribution in [0.3, 0.4) is 0 Å². The van der Waals surface area contributed by atoms with Gasteiger partial charge in [0.2, 0.25) is 0 Å². The Bertz CT molecular complexity index is 1280. The van der Waals surface area contributed by atoms with Crippen LogP contribution in [0.2, 0.25) is 0 Å². The van der Waals surface area contributed by atoms with E-state index < -0.39 is 10.9 Å². The molecular weight excluding hydrogens is 408 g/mol. The van der Waals surface area contributed by atoms with Gasteiger partial charge in [0.1, 0.15) is 11.5 Å². The minimum absolute atomic E-state index is 0.147. The number of ketones is 2. The standard InChI is InChI=1S/C26H16O4S/c27-16-5-9-18(10-6-16)31(19-11-7-17(28)8-12-19)20-13-14-23-24(15-20)26(30)22-4-2-1-3-21(22)25(23)29/h1-15H,(H-,27,28)/p+1. The van der Waals surface area contributed by atoms with E-state index in [0.29, 0.717) is 22.3 Å². The van der Waals surface area contributed by atoms with Gasteiger partial charge in [-0.2, -0.15) is 0 Å². The first kappa shape index (κ1) is 19.2. The normalized spacial score (nSPS) is 12.5. The number of hydrogen-bond acceptors (Lipinski definition) is 4. The van der Waals surface area contributed by atoms with E-state index in [2.05, 4.69) is 0 Å². The highest BCUT2D eigenvalue weighted by molar-refractivity contribution is 7.97. The molecule has 0 radical (unpaired) electrons. The Morgan fingerprint density at radius 2 is 0.903 bits per heavy atom. The monoisotopic (exact) mass is 425 g/mol. The fourth-order valence-corrected chi connectivity index (χ4v) is 5.85. The lowest BCUT2D eigenvalue weighted by molar-refractivity contribution is 0.0979. The first-order valence-electron chi connectivity index (χ1n) is 9.68. The van der Waals surface area contributed by atoms with Crippen molar-refractivity contribution in [3.63, 3.8) is 0 Å². The first-order chi connectivity index (χ1) is 15.0. The van der Waals surface area contributed by atoms with Crippen molar-refractivity contribution < 1.29 is 19.8 Å². The summed E-state index contributed by atoms with van der Waals surface area (Å²) in [6.45, 7) is 0. The average molecular weight is 425 g/mol. The quantitative estimate of drug-likeness (QED) is 0.400. The van der Waals surface area contributed by atoms with E-state index in [1.165, 1.54) is 0 Å². The molecular formula is C26H17O4S+. The number of rotatable bonds is 3. The summed E-state index contributed by atoms with van der Waals surface area (Å²) in [5.41, 5.74) is 1.67. The van der Waals surface area contributed by atoms with Gasteiger partial charge in [-0.15, -0.1) is 0 Å². The van der Waals surface area contributed by atoms with E-state index in [0.717, 1.165) is 14.7 Å². The summed E-state index contributed by atoms with van der Waals surface area (Å²) in [7, 11) is -0.599. The van der Waals surface area contributed by atoms with E-state index in [9.17, 15) is 19.8 Å². The van der Waals surface area contributed by atoms with Crippen LogP contribution >= 0.6 is 0 Å². The molecule has 1 aliphatic rings. The molecule has 4 aromatic carbocycles. The Labute approximate surface area is 181 Å². The van der Waals surface area contributed by atoms with Gasteiger partial charge in [-0.1, -0.05) is 24.3 Å². The molecule has 4 nitrogen and oxygen atoms in total. The first-order valence-corrected chi connectivity index (χ1v) is 10.9. The molecule has 0 heterocycles. The number of hydrogen-bond donors (Lipinski definition) is 2. The predicted octanol–water partition coefficient (Wildman–Crippen LogP) is 4.97. The van der Waals surface area contributed by atoms with Crippen LogP contribution in [0.25, 0.3) is 0 Å². The lowest BCUT2D eigenvalue weighted by Gasteiger charge is -2.18. The maximum absolute atomic E-state index is 13.2. The molecule has 0 aliphatic heterocycles. The molecule has 0 saturated carbocycles. The van der Waals surface area contributed by atoms with Crippen molar-refractivity contribution in [3.8, 4) is 11.5 Å². The van der Waals surface area contributed by atoms with Crippen LogP contribution in [-0.4, -0.2) is 21.8 Å². The number of fused-ring (bicyclic) bond motifs is 2. The Hall–Kier alpha value is -3.83. The second kappa shape index (κ2) is 7.45. The zero-order valence-corrected chi connectivity index (χ0v) is 17.1. The van der Waals surface area contributed by atoms with Crippen LogP contribution in [0.4, 0.5) is 0 Å². The van der Waals surface area contributed by atoms with Crippen molar-refractivity contribution in [2.75, 3.05) is 0 Å². The summed E-state index contributed by atoms with van der Waals surface area (Å²) < 4.78 is 0. The fraction of sp³-hybridized carbons (Fsp3) is 0. The summed E-state index contributed by atoms with van der Waals surface area (Å²) in [6.07, 6.45) is 0. The third-order valence-electron chi connectivity index (χ3n) is 5.28. The van der Waals surface area contributed by atoms with Crippen LogP contribution in [-0.2, 0) is 10.9 Å². The van der Waals surface area contributed by atoms with Gasteiger partial charge in [-0.05, 0) is 60.7 Å². The van der Waals surface area contributed by atoms with Gasteiger partial charge in [-0.25, -0.2) is 0 Å². The Morgan fingerprint density at radius 1 is 0.484 bits per heavy atom. The highest BCUT2D eigenvalue weighted by Gasteiger charge is 2.34. The van der Waals surface area contributed by atoms with E-state index in [-0.39, 0.29) is 23.1 Å². The average Bonchev–Trinajstić information content (AvgIpc) is 2.80. The van der Waals surface area contributed by atoms with Crippen LogP contribution in [0, 0.1) is 0 Å². The van der Waals surface area contributed by atoms with Crippen molar-refractivity contribution >= 4 is 22.5 Å². The maximum Gasteiger partial charge on any atom is 0.194 e. The van der Waals surface area contributed by atoms with E-state index in [4.69, 9.17) is 0 Å². The zero-order valence-electron chi connectivity index (χ0n) is 16.3. The lowest BCUT2D eigenvalue weighted by Crippen LogP contribution is -2.21. The number of phenolic OH excluding ortho intramolecular Hbond substituents is 2. The second-order valence-corrected chi connectivity index (χ2v) is 9.23. The summed E-state index contributed by atoms with van der Waals surface area (Å²) in [4.78, 5) is 28.9. The van der Waals surface area contributed by atoms with Crippen LogP contribution in [0.5, 0.6) is 11.5 Å². The van der Waals surface area contributed by atoms with Crippen molar-refractivity contribution in [2.45, 2.75) is 14.7 Å². The van der Waals surface area contributed by atoms with Crippen molar-refractivity contribution in [1.82, 2.24) is 0 Å². The van der Waals surface area contributed by atoms with Crippen molar-refractivity contribution in [1.29, 1.82) is 0 Å². The molecule has 0 saturated heterocycles. The molecule has 1 aliphatic carbocycles. The number of carbonyl (C=O) groups is 2. The Kier molecular flexibility index (Phi) is 4.60. The topological polar surface area (TPSA) is 74.6 Å². The Balaban J connectivity index is 1.67. The summed E-state index contributed by atoms with van der Waals surface area (Å²) in [5, 5.41) is 19.4. The molecule has 0 spiro atoms. The number of phenols is 2. The molecule has 0 fully saturated rings. The Morgan fingerprint density at radius 3 is 1.42 bits per heavy atom. The summed E-state index contributed by atoms with van der Waals surface area (Å²) in [6, 6.07) is 26.1. The van der Waals surface area contributed by atoms with E-state index in [1.54, 1.807) is 60.7 Å². The van der Waals surface area contributed by atoms with Gasteiger partial charge < -0.3 is 10.2 Å². The smallest absolute Gasteiger partial charge is 0.194 e. The molecule has 0 bridgehead atoms. The van der Waals surface area contributed by atoms with Gasteiger partial charge in [-0.3, -0.25) is 9.59 Å². The number of aromatic hydroxyl groups is 2. The van der Waals surface area contributed by atoms with Gasteiger partial charge in [0.15, 0.2) is 26.3 Å². The third-order valence-corrected chi connectivity index (χ3v) is 7.49. The molecule has 31 heavy (non-hydrogen) atoms. The SMILES string of the molecule is O=C1c2ccccc2C(=O)c2cc([S+](c3ccc(O)cc3)c3ccc(O)cc3)ccc21. The van der Waals surface area contributed by atoms with Crippen molar-refractivity contribution in [3.05, 3.63) is 113 Å². The van der Waals surface area contributed by atoms with Gasteiger partial charge in [0.25, 0.3) is 0 Å². The fourth-order valence-electron chi connectivity index (χ4n) is 3.78. The van der Waals surface area contributed by atoms with Gasteiger partial charge >= 0.3 is 0 Å². The predicted molar refractivity (Wildman–Crippen MR) is 118 cm³/mol. The highest BCUT2D eigenvalue weighted by atomic mass is 32.2. The van der Waals surface area contributed by atoms with Crippen LogP contribution < -0.4 is 0 Å². The van der Waals surface area contributed by atoms with Crippen LogP contribution in [0.15, 0.2) is 106 Å². The largest absolute Gasteiger partial charge is 0.508 e. The molecule has 150 valence electrons. The molecule has 0 atom stereocenters. The lowest BCUT2D eigenvalue weighted by atomic mass is 9.84. The summed E-state index contributed by atoms with van der Waals surface area (Å²) in [5.74, 6) is 0.0274. The second-order valence-electron chi connectivity index (χ2n) is 7.21. The minimum atomic E-state index is -0.599. The number of benzene rings is 4. The summed E-state index contributed by atoms with van der Waals surface area (Å²) >= 11 is 0. The molecule has 0 unspecified atom stereocenters. The minimum Gasteiger partial charge on any atom is -0.508 e. The molecule has 0 amide bonds. The maximum atomic E-state index is 13.2. The molecule has 0 aromatic heterocycles.